The van der Waals surface area contributed by atoms with Crippen molar-refractivity contribution in [1.29, 1.82) is 0 Å². The zero-order chi connectivity index (χ0) is 12.8. The quantitative estimate of drug-likeness (QED) is 0.522. The van der Waals surface area contributed by atoms with Gasteiger partial charge < -0.3 is 13.6 Å². The molecule has 0 saturated heterocycles. The van der Waals surface area contributed by atoms with Gasteiger partial charge in [-0.2, -0.15) is 0 Å². The Morgan fingerprint density at radius 2 is 1.50 bits per heavy atom. The summed E-state index contributed by atoms with van der Waals surface area (Å²) in [5, 5.41) is 0. The first-order valence-electron chi connectivity index (χ1n) is 5.54. The highest BCUT2D eigenvalue weighted by atomic mass is 28.4. The third kappa shape index (κ3) is 11.9. The van der Waals surface area contributed by atoms with Gasteiger partial charge in [-0.25, -0.2) is 0 Å². The predicted octanol–water partition coefficient (Wildman–Crippen LogP) is 2.23. The molecule has 96 valence electrons. The summed E-state index contributed by atoms with van der Waals surface area (Å²) in [6.07, 6.45) is 0. The second-order valence-corrected chi connectivity index (χ2v) is 14.5. The lowest BCUT2D eigenvalue weighted by atomic mass is 10.7. The van der Waals surface area contributed by atoms with Gasteiger partial charge in [0.05, 0.1) is 13.2 Å². The minimum atomic E-state index is -1.77. The molecule has 0 aromatic rings. The topological polar surface area (TPSA) is 44.8 Å². The summed E-state index contributed by atoms with van der Waals surface area (Å²) < 4.78 is 16.0. The van der Waals surface area contributed by atoms with Gasteiger partial charge in [0.25, 0.3) is 0 Å². The van der Waals surface area contributed by atoms with Gasteiger partial charge in [0.15, 0.2) is 8.32 Å². The van der Waals surface area contributed by atoms with Crippen LogP contribution in [-0.4, -0.2) is 42.4 Å². The molecule has 6 heteroatoms. The predicted molar refractivity (Wildman–Crippen MR) is 69.6 cm³/mol. The first-order chi connectivity index (χ1) is 7.10. The molecule has 4 nitrogen and oxygen atoms in total. The zero-order valence-corrected chi connectivity index (χ0v) is 13.3. The van der Waals surface area contributed by atoms with Crippen LogP contribution in [0.3, 0.4) is 0 Å². The minimum Gasteiger partial charge on any atom is -0.518 e. The van der Waals surface area contributed by atoms with Gasteiger partial charge in [0.2, 0.25) is 8.32 Å². The summed E-state index contributed by atoms with van der Waals surface area (Å²) in [5.41, 5.74) is 0. The molecule has 0 aromatic carbocycles. The van der Waals surface area contributed by atoms with E-state index in [2.05, 4.69) is 19.6 Å². The molecule has 0 N–H and O–H groups in total. The van der Waals surface area contributed by atoms with E-state index in [1.165, 1.54) is 0 Å². The Balaban J connectivity index is 3.50. The lowest BCUT2D eigenvalue weighted by molar-refractivity contribution is -0.140. The first-order valence-corrected chi connectivity index (χ1v) is 12.4. The van der Waals surface area contributed by atoms with E-state index in [1.807, 2.05) is 19.6 Å². The van der Waals surface area contributed by atoms with Crippen molar-refractivity contribution in [3.63, 3.8) is 0 Å². The Labute approximate surface area is 101 Å². The monoisotopic (exact) mass is 264 g/mol. The summed E-state index contributed by atoms with van der Waals surface area (Å²) in [5.74, 6) is -0.271. The molecule has 16 heavy (non-hydrogen) atoms. The molecule has 0 aliphatic rings. The molecular formula is C10H24O4Si2. The van der Waals surface area contributed by atoms with E-state index in [0.717, 1.165) is 0 Å². The van der Waals surface area contributed by atoms with E-state index in [9.17, 15) is 4.79 Å². The number of carbonyl (C=O) groups excluding carboxylic acids is 1. The number of ether oxygens (including phenoxy) is 1. The Kier molecular flexibility index (Phi) is 6.46. The highest BCUT2D eigenvalue weighted by Gasteiger charge is 2.19. The summed E-state index contributed by atoms with van der Waals surface area (Å²) in [6, 6.07) is 0. The lowest BCUT2D eigenvalue weighted by Crippen LogP contribution is -2.32. The number of hydrogen-bond acceptors (Lipinski definition) is 4. The van der Waals surface area contributed by atoms with Crippen LogP contribution in [0.4, 0.5) is 0 Å². The first kappa shape index (κ1) is 15.8. The van der Waals surface area contributed by atoms with E-state index in [0.29, 0.717) is 13.2 Å². The van der Waals surface area contributed by atoms with Crippen molar-refractivity contribution in [2.75, 3.05) is 19.8 Å². The third-order valence-electron chi connectivity index (χ3n) is 1.40. The molecule has 0 unspecified atom stereocenters. The Morgan fingerprint density at radius 3 is 1.94 bits per heavy atom. The fourth-order valence-electron chi connectivity index (χ4n) is 0.933. The molecule has 0 aromatic heterocycles. The third-order valence-corrected chi connectivity index (χ3v) is 3.31. The van der Waals surface area contributed by atoms with Crippen LogP contribution >= 0.6 is 0 Å². The second-order valence-electron chi connectivity index (χ2n) is 5.60. The van der Waals surface area contributed by atoms with Crippen LogP contribution in [0.5, 0.6) is 0 Å². The average Bonchev–Trinajstić information content (AvgIpc) is 1.97. The Bertz CT molecular complexity index is 218. The van der Waals surface area contributed by atoms with Crippen LogP contribution in [0, 0.1) is 0 Å². The van der Waals surface area contributed by atoms with Crippen molar-refractivity contribution in [2.45, 2.75) is 39.3 Å². The molecule has 0 radical (unpaired) electrons. The summed E-state index contributed by atoms with van der Waals surface area (Å²) >= 11 is 0. The Hall–Kier alpha value is -0.176. The van der Waals surface area contributed by atoms with Crippen LogP contribution in [0.2, 0.25) is 39.3 Å². The van der Waals surface area contributed by atoms with Gasteiger partial charge >= 0.3 is 5.97 Å². The van der Waals surface area contributed by atoms with Crippen molar-refractivity contribution in [3.8, 4) is 0 Å². The molecule has 0 amide bonds. The van der Waals surface area contributed by atoms with Crippen LogP contribution in [0.25, 0.3) is 0 Å². The molecule has 0 saturated carbocycles. The summed E-state index contributed by atoms with van der Waals surface area (Å²) in [7, 11) is -3.23. The van der Waals surface area contributed by atoms with Crippen LogP contribution < -0.4 is 0 Å². The van der Waals surface area contributed by atoms with Crippen molar-refractivity contribution >= 4 is 22.6 Å². The molecule has 0 heterocycles. The van der Waals surface area contributed by atoms with E-state index >= 15 is 0 Å². The largest absolute Gasteiger partial charge is 0.518 e. The van der Waals surface area contributed by atoms with Crippen molar-refractivity contribution in [1.82, 2.24) is 0 Å². The molecular weight excluding hydrogens is 240 g/mol. The molecule has 0 aliphatic heterocycles. The van der Waals surface area contributed by atoms with Crippen molar-refractivity contribution < 1.29 is 18.4 Å². The molecule has 0 fully saturated rings. The molecule has 0 rings (SSSR count). The average molecular weight is 264 g/mol. The highest BCUT2D eigenvalue weighted by molar-refractivity contribution is 6.71. The fraction of sp³-hybridized carbons (Fsp3) is 0.900. The molecule has 0 atom stereocenters. The number of hydrogen-bond donors (Lipinski definition) is 0. The normalized spacial score (nSPS) is 12.6. The van der Waals surface area contributed by atoms with Crippen LogP contribution in [-0.2, 0) is 18.4 Å². The smallest absolute Gasteiger partial charge is 0.318 e. The van der Waals surface area contributed by atoms with Crippen molar-refractivity contribution in [2.24, 2.45) is 0 Å². The summed E-state index contributed by atoms with van der Waals surface area (Å²) in [6.45, 7) is 13.3. The van der Waals surface area contributed by atoms with Crippen LogP contribution in [0.1, 0.15) is 0 Å². The second kappa shape index (κ2) is 6.53. The fourth-order valence-corrected chi connectivity index (χ4v) is 2.37. The standard InChI is InChI=1S/C10H24O4Si2/c1-15(2,3)13-8-7-12-9-10(11)14-16(4,5)6/h7-9H2,1-6H3. The molecule has 0 spiro atoms. The van der Waals surface area contributed by atoms with Gasteiger partial charge in [-0.3, -0.25) is 4.79 Å². The highest BCUT2D eigenvalue weighted by Crippen LogP contribution is 2.03. The SMILES string of the molecule is C[Si](C)(C)OCCOCC(=O)O[Si](C)(C)C. The maximum atomic E-state index is 11.3. The minimum absolute atomic E-state index is 0.0271. The van der Waals surface area contributed by atoms with Gasteiger partial charge in [0, 0.05) is 0 Å². The van der Waals surface area contributed by atoms with Gasteiger partial charge in [-0.15, -0.1) is 0 Å². The number of carbonyl (C=O) groups is 1. The summed E-state index contributed by atoms with van der Waals surface area (Å²) in [4.78, 5) is 11.3. The maximum Gasteiger partial charge on any atom is 0.318 e. The van der Waals surface area contributed by atoms with E-state index in [4.69, 9.17) is 13.6 Å². The number of rotatable bonds is 7. The van der Waals surface area contributed by atoms with Gasteiger partial charge in [-0.05, 0) is 39.3 Å². The van der Waals surface area contributed by atoms with E-state index < -0.39 is 16.6 Å². The molecule has 0 aliphatic carbocycles. The van der Waals surface area contributed by atoms with E-state index in [-0.39, 0.29) is 12.6 Å². The van der Waals surface area contributed by atoms with E-state index in [1.54, 1.807) is 0 Å². The van der Waals surface area contributed by atoms with Gasteiger partial charge in [0.1, 0.15) is 6.61 Å². The zero-order valence-electron chi connectivity index (χ0n) is 11.3. The Morgan fingerprint density at radius 1 is 0.938 bits per heavy atom. The van der Waals surface area contributed by atoms with Crippen LogP contribution in [0.15, 0.2) is 0 Å². The molecule has 0 bridgehead atoms. The lowest BCUT2D eigenvalue weighted by Gasteiger charge is -2.18. The van der Waals surface area contributed by atoms with Crippen molar-refractivity contribution in [3.05, 3.63) is 0 Å². The van der Waals surface area contributed by atoms with Gasteiger partial charge in [-0.1, -0.05) is 0 Å². The maximum absolute atomic E-state index is 11.3.